The molecule has 2 N–H and O–H groups in total. The van der Waals surface area contributed by atoms with Crippen LogP contribution in [0.5, 0.6) is 0 Å². The molecule has 1 amide bonds. The van der Waals surface area contributed by atoms with Gasteiger partial charge in [0.05, 0.1) is 12.0 Å². The summed E-state index contributed by atoms with van der Waals surface area (Å²) in [4.78, 5) is 27.3. The van der Waals surface area contributed by atoms with Crippen LogP contribution in [0, 0.1) is 11.3 Å². The maximum Gasteiger partial charge on any atom is 0.246 e. The first-order valence-corrected chi connectivity index (χ1v) is 7.95. The Morgan fingerprint density at radius 1 is 1.46 bits per heavy atom. The highest BCUT2D eigenvalue weighted by Gasteiger charge is 2.53. The average Bonchev–Trinajstić information content (AvgIpc) is 3.27. The molecule has 2 saturated heterocycles. The summed E-state index contributed by atoms with van der Waals surface area (Å²) in [5.74, 6) is 1.45. The molecule has 9 heteroatoms. The summed E-state index contributed by atoms with van der Waals surface area (Å²) >= 11 is 0. The molecule has 2 atom stereocenters. The zero-order chi connectivity index (χ0) is 16.6. The van der Waals surface area contributed by atoms with Crippen molar-refractivity contribution >= 4 is 5.91 Å². The van der Waals surface area contributed by atoms with E-state index in [4.69, 9.17) is 4.52 Å². The first kappa shape index (κ1) is 15.2. The van der Waals surface area contributed by atoms with Crippen molar-refractivity contribution in [3.8, 4) is 11.6 Å². The lowest BCUT2D eigenvalue weighted by molar-refractivity contribution is -0.131. The smallest absolute Gasteiger partial charge is 0.246 e. The molecule has 126 valence electrons. The van der Waals surface area contributed by atoms with Crippen molar-refractivity contribution in [2.75, 3.05) is 33.2 Å². The minimum Gasteiger partial charge on any atom is -0.346 e. The fourth-order valence-corrected chi connectivity index (χ4v) is 3.66. The van der Waals surface area contributed by atoms with Gasteiger partial charge in [0.25, 0.3) is 0 Å². The molecule has 2 aromatic rings. The summed E-state index contributed by atoms with van der Waals surface area (Å²) in [5, 5.41) is 10.1. The van der Waals surface area contributed by atoms with E-state index in [9.17, 15) is 4.79 Å². The molecule has 0 aromatic carbocycles. The molecule has 0 spiro atoms. The quantitative estimate of drug-likeness (QED) is 0.757. The van der Waals surface area contributed by atoms with Crippen molar-refractivity contribution in [1.29, 1.82) is 0 Å². The number of carbonyl (C=O) groups excluding carboxylic acids is 1. The third kappa shape index (κ3) is 2.55. The second kappa shape index (κ2) is 5.91. The third-order valence-corrected chi connectivity index (χ3v) is 4.78. The Hall–Kier alpha value is -2.39. The van der Waals surface area contributed by atoms with Gasteiger partial charge >= 0.3 is 0 Å². The van der Waals surface area contributed by atoms with Crippen LogP contribution in [0.4, 0.5) is 0 Å². The molecular weight excluding hydrogens is 310 g/mol. The van der Waals surface area contributed by atoms with E-state index in [2.05, 4.69) is 42.7 Å². The first-order valence-electron chi connectivity index (χ1n) is 7.95. The maximum atomic E-state index is 12.8. The minimum atomic E-state index is -0.361. The van der Waals surface area contributed by atoms with Crippen LogP contribution >= 0.6 is 0 Å². The molecule has 2 aliphatic heterocycles. The highest BCUT2D eigenvalue weighted by atomic mass is 16.5. The number of hydrogen-bond donors (Lipinski definition) is 2. The predicted molar refractivity (Wildman–Crippen MR) is 83.5 cm³/mol. The number of fused-ring (bicyclic) bond motifs is 1. The summed E-state index contributed by atoms with van der Waals surface area (Å²) in [6.45, 7) is 3.51. The number of carbonyl (C=O) groups is 1. The Bertz CT molecular complexity index is 734. The van der Waals surface area contributed by atoms with Crippen LogP contribution < -0.4 is 10.6 Å². The highest BCUT2D eigenvalue weighted by molar-refractivity contribution is 5.84. The lowest BCUT2D eigenvalue weighted by atomic mass is 9.80. The third-order valence-electron chi connectivity index (χ3n) is 4.78. The van der Waals surface area contributed by atoms with Gasteiger partial charge in [0, 0.05) is 44.5 Å². The number of aromatic nitrogens is 4. The Morgan fingerprint density at radius 2 is 2.29 bits per heavy atom. The summed E-state index contributed by atoms with van der Waals surface area (Å²) in [7, 11) is 2.05. The molecular formula is C15H19N7O2. The van der Waals surface area contributed by atoms with Gasteiger partial charge in [-0.3, -0.25) is 4.79 Å². The van der Waals surface area contributed by atoms with Crippen LogP contribution in [-0.4, -0.2) is 64.1 Å². The number of likely N-dealkylation sites (tertiary alicyclic amines) is 1. The van der Waals surface area contributed by atoms with Gasteiger partial charge in [0.2, 0.25) is 23.4 Å². The van der Waals surface area contributed by atoms with Crippen LogP contribution in [0.1, 0.15) is 5.89 Å². The van der Waals surface area contributed by atoms with E-state index in [-0.39, 0.29) is 17.9 Å². The summed E-state index contributed by atoms with van der Waals surface area (Å²) in [5.41, 5.74) is -0.361. The van der Waals surface area contributed by atoms with E-state index in [1.54, 1.807) is 18.5 Å². The Labute approximate surface area is 138 Å². The number of rotatable bonds is 4. The van der Waals surface area contributed by atoms with Crippen molar-refractivity contribution in [2.45, 2.75) is 6.54 Å². The summed E-state index contributed by atoms with van der Waals surface area (Å²) in [6, 6.07) is 1.72. The molecule has 2 aliphatic rings. The van der Waals surface area contributed by atoms with Gasteiger partial charge in [-0.2, -0.15) is 4.98 Å². The van der Waals surface area contributed by atoms with Crippen molar-refractivity contribution in [2.24, 2.45) is 11.3 Å². The predicted octanol–water partition coefficient (Wildman–Crippen LogP) is -0.706. The molecule has 2 fully saturated rings. The molecule has 24 heavy (non-hydrogen) atoms. The zero-order valence-electron chi connectivity index (χ0n) is 13.4. The van der Waals surface area contributed by atoms with Gasteiger partial charge in [-0.25, -0.2) is 9.97 Å². The molecule has 4 rings (SSSR count). The molecule has 0 unspecified atom stereocenters. The molecule has 0 aliphatic carbocycles. The zero-order valence-corrected chi connectivity index (χ0v) is 13.4. The second-order valence-electron chi connectivity index (χ2n) is 6.45. The standard InChI is InChI=1S/C15H19N7O2/c1-22-7-10-5-16-8-15(10,9-22)14(23)19-6-11-20-13(21-24-11)12-17-3-2-4-18-12/h2-4,10,16H,5-9H2,1H3,(H,19,23)/t10-,15-/m1/s1. The van der Waals surface area contributed by atoms with E-state index in [0.29, 0.717) is 30.0 Å². The van der Waals surface area contributed by atoms with E-state index >= 15 is 0 Å². The maximum absolute atomic E-state index is 12.8. The largest absolute Gasteiger partial charge is 0.346 e. The summed E-state index contributed by atoms with van der Waals surface area (Å²) < 4.78 is 5.18. The normalized spacial score (nSPS) is 26.5. The van der Waals surface area contributed by atoms with Crippen LogP contribution in [0.25, 0.3) is 11.6 Å². The molecule has 0 saturated carbocycles. The van der Waals surface area contributed by atoms with Crippen molar-refractivity contribution < 1.29 is 9.32 Å². The molecule has 0 radical (unpaired) electrons. The Kier molecular flexibility index (Phi) is 3.73. The van der Waals surface area contributed by atoms with Gasteiger partial charge < -0.3 is 20.1 Å². The number of hydrogen-bond acceptors (Lipinski definition) is 8. The van der Waals surface area contributed by atoms with E-state index in [1.807, 2.05) is 0 Å². The molecule has 4 heterocycles. The molecule has 0 bridgehead atoms. The second-order valence-corrected chi connectivity index (χ2v) is 6.45. The van der Waals surface area contributed by atoms with E-state index < -0.39 is 0 Å². The minimum absolute atomic E-state index is 0.0394. The SMILES string of the molecule is CN1C[C@H]2CNC[C@@]2(C(=O)NCc2nc(-c3ncccn3)no2)C1. The Balaban J connectivity index is 1.42. The topological polar surface area (TPSA) is 109 Å². The van der Waals surface area contributed by atoms with Crippen molar-refractivity contribution in [3.63, 3.8) is 0 Å². The highest BCUT2D eigenvalue weighted by Crippen LogP contribution is 2.38. The van der Waals surface area contributed by atoms with E-state index in [1.165, 1.54) is 0 Å². The van der Waals surface area contributed by atoms with Crippen molar-refractivity contribution in [1.82, 2.24) is 35.6 Å². The first-order chi connectivity index (χ1) is 11.7. The van der Waals surface area contributed by atoms with E-state index in [0.717, 1.165) is 19.6 Å². The van der Waals surface area contributed by atoms with Gasteiger partial charge in [-0.15, -0.1) is 0 Å². The fraction of sp³-hybridized carbons (Fsp3) is 0.533. The van der Waals surface area contributed by atoms with Gasteiger partial charge in [-0.05, 0) is 13.1 Å². The average molecular weight is 329 g/mol. The number of nitrogens with zero attached hydrogens (tertiary/aromatic N) is 5. The monoisotopic (exact) mass is 329 g/mol. The lowest BCUT2D eigenvalue weighted by Gasteiger charge is -2.26. The van der Waals surface area contributed by atoms with Crippen molar-refractivity contribution in [3.05, 3.63) is 24.4 Å². The van der Waals surface area contributed by atoms with Crippen LogP contribution in [0.2, 0.25) is 0 Å². The molecule has 2 aromatic heterocycles. The number of nitrogens with one attached hydrogen (secondary N) is 2. The summed E-state index contributed by atoms with van der Waals surface area (Å²) in [6.07, 6.45) is 3.23. The van der Waals surface area contributed by atoms with Crippen LogP contribution in [-0.2, 0) is 11.3 Å². The Morgan fingerprint density at radius 3 is 3.12 bits per heavy atom. The lowest BCUT2D eigenvalue weighted by Crippen LogP contribution is -2.46. The fourth-order valence-electron chi connectivity index (χ4n) is 3.66. The van der Waals surface area contributed by atoms with Crippen LogP contribution in [0.3, 0.4) is 0 Å². The molecule has 9 nitrogen and oxygen atoms in total. The van der Waals surface area contributed by atoms with Gasteiger partial charge in [-0.1, -0.05) is 5.16 Å². The van der Waals surface area contributed by atoms with Crippen LogP contribution in [0.15, 0.2) is 23.0 Å². The number of amides is 1. The van der Waals surface area contributed by atoms with Gasteiger partial charge in [0.1, 0.15) is 0 Å². The van der Waals surface area contributed by atoms with Gasteiger partial charge in [0.15, 0.2) is 0 Å².